The molecule has 1 aliphatic rings. The number of aliphatic hydroxyl groups is 2. The van der Waals surface area contributed by atoms with E-state index in [1.807, 2.05) is 0 Å². The average Bonchev–Trinajstić information content (AvgIpc) is 1.84. The van der Waals surface area contributed by atoms with Gasteiger partial charge in [0.1, 0.15) is 0 Å². The summed E-state index contributed by atoms with van der Waals surface area (Å²) in [6.07, 6.45) is 0.693. The molecule has 0 amide bonds. The third-order valence-electron chi connectivity index (χ3n) is 1.54. The van der Waals surface area contributed by atoms with Gasteiger partial charge in [0, 0.05) is 18.5 Å². The molecule has 1 saturated carbocycles. The molecule has 1 aliphatic carbocycles. The molecule has 0 aromatic heterocycles. The summed E-state index contributed by atoms with van der Waals surface area (Å²) in [6.45, 7) is 0. The van der Waals surface area contributed by atoms with E-state index in [0.29, 0.717) is 0 Å². The van der Waals surface area contributed by atoms with Gasteiger partial charge >= 0.3 is 44.8 Å². The van der Waals surface area contributed by atoms with Gasteiger partial charge in [-0.15, -0.1) is 0 Å². The van der Waals surface area contributed by atoms with E-state index in [9.17, 15) is 0 Å². The number of rotatable bonds is 0. The summed E-state index contributed by atoms with van der Waals surface area (Å²) in [5, 5.41) is 17.9. The topological polar surface area (TPSA) is 88.1 Å². The van der Waals surface area contributed by atoms with Gasteiger partial charge in [-0.2, -0.15) is 0 Å². The van der Waals surface area contributed by atoms with E-state index in [1.165, 1.54) is 12.8 Å². The minimum atomic E-state index is -0.920. The molecule has 4 unspecified atom stereocenters. The molecule has 0 spiro atoms. The minimum absolute atomic E-state index is 0. The van der Waals surface area contributed by atoms with Crippen LogP contribution >= 0.6 is 0 Å². The Morgan fingerprint density at radius 2 is 1.33 bits per heavy atom. The second-order valence-electron chi connectivity index (χ2n) is 2.42. The third kappa shape index (κ3) is 3.93. The SMILES string of the molecule is [Au+].[Au+].[NH-]C1[CH+]C([NH-])C(O)[CH-]C1O. The Kier molecular flexibility index (Phi) is 8.63. The zero-order valence-corrected chi connectivity index (χ0v) is 10.3. The van der Waals surface area contributed by atoms with Crippen LogP contribution in [0, 0.1) is 12.8 Å². The second kappa shape index (κ2) is 6.62. The van der Waals surface area contributed by atoms with E-state index in [-0.39, 0.29) is 44.8 Å². The minimum Gasteiger partial charge on any atom is -0.635 e. The fourth-order valence-corrected chi connectivity index (χ4v) is 0.892. The van der Waals surface area contributed by atoms with Crippen molar-refractivity contribution in [3.05, 3.63) is 24.3 Å². The van der Waals surface area contributed by atoms with Crippen LogP contribution in [0.2, 0.25) is 0 Å². The summed E-state index contributed by atoms with van der Waals surface area (Å²) in [6, 6.07) is -1.52. The van der Waals surface area contributed by atoms with Gasteiger partial charge in [-0.1, -0.05) is 0 Å². The molecular formula is C6H10Au2N2O2. The van der Waals surface area contributed by atoms with Crippen molar-refractivity contribution < 1.29 is 55.0 Å². The third-order valence-corrected chi connectivity index (χ3v) is 1.54. The average molecular weight is 536 g/mol. The van der Waals surface area contributed by atoms with Gasteiger partial charge in [-0.3, -0.25) is 6.42 Å². The van der Waals surface area contributed by atoms with Crippen molar-refractivity contribution >= 4 is 0 Å². The van der Waals surface area contributed by atoms with E-state index in [0.717, 1.165) is 0 Å². The van der Waals surface area contributed by atoms with Gasteiger partial charge < -0.3 is 21.7 Å². The van der Waals surface area contributed by atoms with E-state index in [2.05, 4.69) is 0 Å². The molecule has 4 atom stereocenters. The summed E-state index contributed by atoms with van der Waals surface area (Å²) in [7, 11) is 0. The maximum absolute atomic E-state index is 8.95. The Morgan fingerprint density at radius 3 is 1.58 bits per heavy atom. The predicted molar refractivity (Wildman–Crippen MR) is 36.8 cm³/mol. The molecule has 0 aromatic carbocycles. The van der Waals surface area contributed by atoms with Gasteiger partial charge in [-0.25, -0.2) is 0 Å². The van der Waals surface area contributed by atoms with E-state index in [1.54, 1.807) is 0 Å². The molecule has 4 nitrogen and oxygen atoms in total. The van der Waals surface area contributed by atoms with Crippen LogP contribution in [0.1, 0.15) is 0 Å². The Bertz CT molecular complexity index is 102. The van der Waals surface area contributed by atoms with Crippen LogP contribution in [0.25, 0.3) is 11.5 Å². The fraction of sp³-hybridized carbons (Fsp3) is 0.667. The molecule has 0 radical (unpaired) electrons. The summed E-state index contributed by atoms with van der Waals surface area (Å²) in [5.41, 5.74) is 14.3. The van der Waals surface area contributed by atoms with Crippen LogP contribution in [0.5, 0.6) is 0 Å². The molecular weight excluding hydrogens is 526 g/mol. The van der Waals surface area contributed by atoms with Crippen molar-refractivity contribution in [1.29, 1.82) is 0 Å². The van der Waals surface area contributed by atoms with Crippen molar-refractivity contribution in [2.24, 2.45) is 0 Å². The molecule has 0 saturated heterocycles. The Balaban J connectivity index is 0. The molecule has 0 bridgehead atoms. The standard InChI is InChI=1S/C6H10N2O2.2Au/c7-3-1-4(8)6(10)2-5(3)9;;/h1-10H;;/q-2;2*+1. The zero-order valence-electron chi connectivity index (χ0n) is 5.96. The zero-order chi connectivity index (χ0) is 7.72. The van der Waals surface area contributed by atoms with Crippen LogP contribution in [0.3, 0.4) is 0 Å². The van der Waals surface area contributed by atoms with Gasteiger partial charge in [0.05, 0.1) is 0 Å². The van der Waals surface area contributed by atoms with Crippen molar-refractivity contribution in [2.45, 2.75) is 24.3 Å². The number of aliphatic hydroxyl groups excluding tert-OH is 2. The monoisotopic (exact) mass is 536 g/mol. The maximum Gasteiger partial charge on any atom is 1.00 e. The van der Waals surface area contributed by atoms with Crippen molar-refractivity contribution in [3.8, 4) is 0 Å². The van der Waals surface area contributed by atoms with Crippen molar-refractivity contribution in [2.75, 3.05) is 0 Å². The molecule has 1 fully saturated rings. The van der Waals surface area contributed by atoms with Crippen LogP contribution in [0.15, 0.2) is 0 Å². The Morgan fingerprint density at radius 1 is 1.00 bits per heavy atom. The Hall–Kier alpha value is 1.19. The first-order valence-corrected chi connectivity index (χ1v) is 3.09. The summed E-state index contributed by atoms with van der Waals surface area (Å²) < 4.78 is 0. The number of nitrogens with one attached hydrogen (secondary N) is 2. The summed E-state index contributed by atoms with van der Waals surface area (Å²) >= 11 is 0. The number of hydrogen-bond donors (Lipinski definition) is 2. The van der Waals surface area contributed by atoms with Gasteiger partial charge in [0.15, 0.2) is 0 Å². The molecule has 1 rings (SSSR count). The number of hydrogen-bond acceptors (Lipinski definition) is 2. The molecule has 0 heterocycles. The van der Waals surface area contributed by atoms with Crippen molar-refractivity contribution in [1.82, 2.24) is 0 Å². The smallest absolute Gasteiger partial charge is 0.635 e. The first kappa shape index (κ1) is 15.7. The van der Waals surface area contributed by atoms with Crippen LogP contribution < -0.4 is 0 Å². The first-order chi connectivity index (χ1) is 4.61. The van der Waals surface area contributed by atoms with Gasteiger partial charge in [0.25, 0.3) is 0 Å². The van der Waals surface area contributed by atoms with Crippen LogP contribution in [0.4, 0.5) is 0 Å². The predicted octanol–water partition coefficient (Wildman–Crippen LogP) is -0.0330. The van der Waals surface area contributed by atoms with Gasteiger partial charge in [0.2, 0.25) is 0 Å². The van der Waals surface area contributed by atoms with Crippen molar-refractivity contribution in [3.63, 3.8) is 0 Å². The maximum atomic E-state index is 8.95. The largest absolute Gasteiger partial charge is 1.00 e. The molecule has 4 N–H and O–H groups in total. The molecule has 0 aliphatic heterocycles. The van der Waals surface area contributed by atoms with E-state index < -0.39 is 24.3 Å². The molecule has 12 heavy (non-hydrogen) atoms. The quantitative estimate of drug-likeness (QED) is 0.337. The normalized spacial score (nSPS) is 40.3. The molecule has 6 heteroatoms. The summed E-state index contributed by atoms with van der Waals surface area (Å²) in [4.78, 5) is 0. The summed E-state index contributed by atoms with van der Waals surface area (Å²) in [5.74, 6) is 0. The molecule has 78 valence electrons. The second-order valence-corrected chi connectivity index (χ2v) is 2.42. The van der Waals surface area contributed by atoms with Gasteiger partial charge in [-0.05, 0) is 12.2 Å². The van der Waals surface area contributed by atoms with Crippen LogP contribution in [-0.4, -0.2) is 34.5 Å². The molecule has 0 aromatic rings. The fourth-order valence-electron chi connectivity index (χ4n) is 0.892. The van der Waals surface area contributed by atoms with E-state index in [4.69, 9.17) is 21.7 Å². The Labute approximate surface area is 103 Å². The van der Waals surface area contributed by atoms with E-state index >= 15 is 0 Å². The van der Waals surface area contributed by atoms with Crippen LogP contribution in [-0.2, 0) is 44.8 Å². The first-order valence-electron chi connectivity index (χ1n) is 3.09.